The van der Waals surface area contributed by atoms with Crippen molar-refractivity contribution in [3.05, 3.63) is 79.8 Å². The average Bonchev–Trinajstić information content (AvgIpc) is 3.17. The first-order chi connectivity index (χ1) is 14.8. The Balaban J connectivity index is 1.52. The van der Waals surface area contributed by atoms with Crippen LogP contribution in [0.4, 0.5) is 11.4 Å². The summed E-state index contributed by atoms with van der Waals surface area (Å²) in [5.41, 5.74) is 1.43. The van der Waals surface area contributed by atoms with Gasteiger partial charge in [-0.05, 0) is 43.7 Å². The van der Waals surface area contributed by atoms with Crippen LogP contribution in [-0.4, -0.2) is 28.4 Å². The first-order valence-electron chi connectivity index (χ1n) is 9.18. The van der Waals surface area contributed by atoms with Crippen molar-refractivity contribution in [1.82, 2.24) is 4.98 Å². The van der Waals surface area contributed by atoms with Crippen molar-refractivity contribution in [3.8, 4) is 5.75 Å². The van der Waals surface area contributed by atoms with Crippen molar-refractivity contribution in [2.24, 2.45) is 0 Å². The number of benzene rings is 2. The Hall–Kier alpha value is -3.79. The van der Waals surface area contributed by atoms with Crippen LogP contribution in [0.15, 0.2) is 47.8 Å². The van der Waals surface area contributed by atoms with Crippen molar-refractivity contribution in [3.63, 3.8) is 0 Å². The summed E-state index contributed by atoms with van der Waals surface area (Å²) >= 11 is 1.54. The van der Waals surface area contributed by atoms with Crippen molar-refractivity contribution >= 4 is 34.6 Å². The van der Waals surface area contributed by atoms with E-state index >= 15 is 0 Å². The molecular weight excluding hydrogens is 422 g/mol. The lowest BCUT2D eigenvalue weighted by Crippen LogP contribution is -2.22. The predicted octanol–water partition coefficient (Wildman–Crippen LogP) is 4.04. The second-order valence-corrected chi connectivity index (χ2v) is 7.58. The molecule has 2 aromatic carbocycles. The molecule has 31 heavy (non-hydrogen) atoms. The number of amides is 1. The maximum atomic E-state index is 12.2. The van der Waals surface area contributed by atoms with Crippen molar-refractivity contribution in [1.29, 1.82) is 0 Å². The van der Waals surface area contributed by atoms with Crippen LogP contribution in [0.25, 0.3) is 0 Å². The summed E-state index contributed by atoms with van der Waals surface area (Å²) in [5.74, 6) is -0.813. The van der Waals surface area contributed by atoms with Crippen LogP contribution < -0.4 is 10.1 Å². The van der Waals surface area contributed by atoms with Gasteiger partial charge in [0.2, 0.25) is 0 Å². The highest BCUT2D eigenvalue weighted by Crippen LogP contribution is 2.27. The van der Waals surface area contributed by atoms with Crippen LogP contribution >= 0.6 is 11.3 Å². The number of nitrogens with zero attached hydrogens (tertiary/aromatic N) is 2. The lowest BCUT2D eigenvalue weighted by molar-refractivity contribution is -0.384. The van der Waals surface area contributed by atoms with Gasteiger partial charge < -0.3 is 14.8 Å². The summed E-state index contributed by atoms with van der Waals surface area (Å²) in [7, 11) is 0. The van der Waals surface area contributed by atoms with Crippen molar-refractivity contribution in [2.75, 3.05) is 11.9 Å². The minimum atomic E-state index is -0.698. The molecule has 0 fully saturated rings. The number of carbonyl (C=O) groups is 2. The minimum absolute atomic E-state index is 0.0744. The first kappa shape index (κ1) is 21.9. The van der Waals surface area contributed by atoms with E-state index in [1.54, 1.807) is 25.1 Å². The number of esters is 1. The number of nitrogens with one attached hydrogen (secondary N) is 1. The molecule has 0 atom stereocenters. The van der Waals surface area contributed by atoms with E-state index in [-0.39, 0.29) is 16.9 Å². The van der Waals surface area contributed by atoms with E-state index in [1.165, 1.54) is 35.6 Å². The fourth-order valence-corrected chi connectivity index (χ4v) is 3.27. The van der Waals surface area contributed by atoms with Gasteiger partial charge in [0.1, 0.15) is 18.0 Å². The summed E-state index contributed by atoms with van der Waals surface area (Å²) < 4.78 is 10.6. The third-order valence-corrected chi connectivity index (χ3v) is 5.01. The molecule has 1 heterocycles. The Morgan fingerprint density at radius 3 is 2.55 bits per heavy atom. The summed E-state index contributed by atoms with van der Waals surface area (Å²) in [6.45, 7) is 3.29. The number of nitro benzene ring substituents is 1. The molecule has 160 valence electrons. The van der Waals surface area contributed by atoms with Crippen molar-refractivity contribution < 1.29 is 24.0 Å². The molecule has 10 heteroatoms. The molecule has 0 aliphatic heterocycles. The SMILES string of the molecule is Cc1nc(COc2ccc(C(=O)OCC(=O)Nc3c(C)cccc3[N+](=O)[O-])cc2)cs1. The van der Waals surface area contributed by atoms with Crippen LogP contribution in [0, 0.1) is 24.0 Å². The van der Waals surface area contributed by atoms with Gasteiger partial charge in [-0.2, -0.15) is 0 Å². The van der Waals surface area contributed by atoms with E-state index in [9.17, 15) is 19.7 Å². The van der Waals surface area contributed by atoms with Crippen LogP contribution in [0.3, 0.4) is 0 Å². The third kappa shape index (κ3) is 5.86. The second kappa shape index (κ2) is 9.81. The highest BCUT2D eigenvalue weighted by Gasteiger charge is 2.18. The van der Waals surface area contributed by atoms with Gasteiger partial charge in [-0.15, -0.1) is 11.3 Å². The fraction of sp³-hybridized carbons (Fsp3) is 0.190. The Kier molecular flexibility index (Phi) is 6.93. The largest absolute Gasteiger partial charge is 0.487 e. The summed E-state index contributed by atoms with van der Waals surface area (Å²) in [6, 6.07) is 10.7. The highest BCUT2D eigenvalue weighted by atomic mass is 32.1. The average molecular weight is 441 g/mol. The summed E-state index contributed by atoms with van der Waals surface area (Å²) in [6.07, 6.45) is 0. The zero-order chi connectivity index (χ0) is 22.4. The number of rotatable bonds is 8. The van der Waals surface area contributed by atoms with E-state index in [0.29, 0.717) is 17.9 Å². The Labute approximate surface area is 181 Å². The van der Waals surface area contributed by atoms with Gasteiger partial charge in [0.15, 0.2) is 6.61 Å². The van der Waals surface area contributed by atoms with Gasteiger partial charge in [0.05, 0.1) is 21.2 Å². The number of ether oxygens (including phenoxy) is 2. The molecule has 0 aliphatic carbocycles. The normalized spacial score (nSPS) is 10.4. The van der Waals surface area contributed by atoms with Gasteiger partial charge in [0.25, 0.3) is 11.6 Å². The molecule has 0 spiro atoms. The van der Waals surface area contributed by atoms with E-state index in [2.05, 4.69) is 10.3 Å². The number of para-hydroxylation sites is 1. The third-order valence-electron chi connectivity index (χ3n) is 4.19. The standard InChI is InChI=1S/C21H19N3O6S/c1-13-4-3-5-18(24(27)28)20(13)23-19(25)11-30-21(26)15-6-8-17(9-7-15)29-10-16-12-31-14(2)22-16/h3-9,12H,10-11H2,1-2H3,(H,23,25). The monoisotopic (exact) mass is 441 g/mol. The molecule has 0 bridgehead atoms. The Morgan fingerprint density at radius 1 is 1.16 bits per heavy atom. The number of carbonyl (C=O) groups excluding carboxylic acids is 2. The number of anilines is 1. The summed E-state index contributed by atoms with van der Waals surface area (Å²) in [4.78, 5) is 39.1. The van der Waals surface area contributed by atoms with E-state index in [0.717, 1.165) is 10.7 Å². The maximum absolute atomic E-state index is 12.2. The molecule has 1 amide bonds. The zero-order valence-corrected chi connectivity index (χ0v) is 17.6. The molecule has 3 rings (SSSR count). The molecule has 1 aromatic heterocycles. The zero-order valence-electron chi connectivity index (χ0n) is 16.8. The predicted molar refractivity (Wildman–Crippen MR) is 114 cm³/mol. The van der Waals surface area contributed by atoms with Crippen LogP contribution in [0.1, 0.15) is 26.6 Å². The number of aryl methyl sites for hydroxylation is 2. The lowest BCUT2D eigenvalue weighted by atomic mass is 10.1. The van der Waals surface area contributed by atoms with Gasteiger partial charge in [-0.3, -0.25) is 14.9 Å². The maximum Gasteiger partial charge on any atom is 0.338 e. The molecule has 9 nitrogen and oxygen atoms in total. The number of aromatic nitrogens is 1. The lowest BCUT2D eigenvalue weighted by Gasteiger charge is -2.10. The number of hydrogen-bond acceptors (Lipinski definition) is 8. The smallest absolute Gasteiger partial charge is 0.338 e. The molecule has 1 N–H and O–H groups in total. The van der Waals surface area contributed by atoms with Crippen molar-refractivity contribution in [2.45, 2.75) is 20.5 Å². The Morgan fingerprint density at radius 2 is 1.90 bits per heavy atom. The molecule has 0 saturated carbocycles. The number of nitro groups is 1. The topological polar surface area (TPSA) is 121 Å². The van der Waals surface area contributed by atoms with E-state index in [4.69, 9.17) is 9.47 Å². The first-order valence-corrected chi connectivity index (χ1v) is 10.1. The molecular formula is C21H19N3O6S. The Bertz CT molecular complexity index is 1110. The fourth-order valence-electron chi connectivity index (χ4n) is 2.68. The molecule has 0 radical (unpaired) electrons. The van der Waals surface area contributed by atoms with E-state index in [1.807, 2.05) is 12.3 Å². The molecule has 3 aromatic rings. The minimum Gasteiger partial charge on any atom is -0.487 e. The van der Waals surface area contributed by atoms with Gasteiger partial charge in [0, 0.05) is 11.4 Å². The van der Waals surface area contributed by atoms with Crippen LogP contribution in [-0.2, 0) is 16.1 Å². The molecule has 0 aliphatic rings. The van der Waals surface area contributed by atoms with Crippen LogP contribution in [0.5, 0.6) is 5.75 Å². The highest BCUT2D eigenvalue weighted by molar-refractivity contribution is 7.09. The summed E-state index contributed by atoms with van der Waals surface area (Å²) in [5, 5.41) is 16.4. The molecule has 0 saturated heterocycles. The van der Waals surface area contributed by atoms with Crippen LogP contribution in [0.2, 0.25) is 0 Å². The van der Waals surface area contributed by atoms with E-state index < -0.39 is 23.4 Å². The second-order valence-electron chi connectivity index (χ2n) is 6.52. The van der Waals surface area contributed by atoms with Gasteiger partial charge in [-0.1, -0.05) is 12.1 Å². The van der Waals surface area contributed by atoms with Gasteiger partial charge in [-0.25, -0.2) is 9.78 Å². The number of thiazole rings is 1. The van der Waals surface area contributed by atoms with Gasteiger partial charge >= 0.3 is 5.97 Å². The quantitative estimate of drug-likeness (QED) is 0.318. The molecule has 0 unspecified atom stereocenters. The number of hydrogen-bond donors (Lipinski definition) is 1.